The van der Waals surface area contributed by atoms with Gasteiger partial charge in [0.1, 0.15) is 5.75 Å². The predicted octanol–water partition coefficient (Wildman–Crippen LogP) is 2.98. The number of nitrogens with zero attached hydrogens (tertiary/aromatic N) is 1. The number of benzene rings is 1. The van der Waals surface area contributed by atoms with Gasteiger partial charge >= 0.3 is 0 Å². The number of likely N-dealkylation sites (tertiary alicyclic amines) is 1. The van der Waals surface area contributed by atoms with Gasteiger partial charge in [-0.25, -0.2) is 0 Å². The lowest BCUT2D eigenvalue weighted by Gasteiger charge is -2.18. The minimum Gasteiger partial charge on any atom is -0.481 e. The molecule has 0 spiro atoms. The van der Waals surface area contributed by atoms with Crippen molar-refractivity contribution in [1.29, 1.82) is 0 Å². The third-order valence-electron chi connectivity index (χ3n) is 4.59. The van der Waals surface area contributed by atoms with Gasteiger partial charge in [0.15, 0.2) is 6.10 Å². The number of carbonyl (C=O) groups excluding carboxylic acids is 1. The number of rotatable bonds is 7. The first kappa shape index (κ1) is 17.8. The Morgan fingerprint density at radius 2 is 1.96 bits per heavy atom. The number of nitrogens with one attached hydrogen (secondary N) is 1. The van der Waals surface area contributed by atoms with Gasteiger partial charge in [-0.2, -0.15) is 0 Å². The zero-order valence-corrected chi connectivity index (χ0v) is 14.9. The second-order valence-corrected chi connectivity index (χ2v) is 6.66. The molecule has 0 bridgehead atoms. The van der Waals surface area contributed by atoms with Gasteiger partial charge in [-0.1, -0.05) is 6.07 Å². The zero-order chi connectivity index (χ0) is 16.8. The van der Waals surface area contributed by atoms with Gasteiger partial charge in [-0.15, -0.1) is 0 Å². The first-order valence-corrected chi connectivity index (χ1v) is 8.72. The van der Waals surface area contributed by atoms with E-state index in [0.29, 0.717) is 0 Å². The number of carbonyl (C=O) groups is 1. The van der Waals surface area contributed by atoms with Crippen molar-refractivity contribution in [2.75, 3.05) is 26.2 Å². The van der Waals surface area contributed by atoms with E-state index < -0.39 is 6.10 Å². The second kappa shape index (κ2) is 8.34. The standard InChI is InChI=1S/C19H30N2O2/c1-14-12-15(2)16(3)18(13-14)23-17(4)19(22)20-8-7-11-21-9-5-6-10-21/h12-13,17H,5-11H2,1-4H3,(H,20,22)/t17-/m1/s1. The van der Waals surface area contributed by atoms with E-state index in [1.165, 1.54) is 31.5 Å². The molecule has 4 nitrogen and oxygen atoms in total. The van der Waals surface area contributed by atoms with Crippen LogP contribution in [0.4, 0.5) is 0 Å². The van der Waals surface area contributed by atoms with Crippen molar-refractivity contribution in [2.45, 2.75) is 53.1 Å². The molecule has 1 N–H and O–H groups in total. The molecule has 0 aliphatic carbocycles. The molecule has 23 heavy (non-hydrogen) atoms. The summed E-state index contributed by atoms with van der Waals surface area (Å²) in [5.74, 6) is 0.771. The van der Waals surface area contributed by atoms with Crippen molar-refractivity contribution in [2.24, 2.45) is 0 Å². The fourth-order valence-corrected chi connectivity index (χ4v) is 3.03. The molecular formula is C19H30N2O2. The van der Waals surface area contributed by atoms with Crippen LogP contribution in [0.3, 0.4) is 0 Å². The number of aryl methyl sites for hydroxylation is 2. The predicted molar refractivity (Wildman–Crippen MR) is 94.0 cm³/mol. The Hall–Kier alpha value is -1.55. The Kier molecular flexibility index (Phi) is 6.46. The first-order valence-electron chi connectivity index (χ1n) is 8.72. The molecule has 1 aromatic rings. The van der Waals surface area contributed by atoms with Crippen molar-refractivity contribution in [3.05, 3.63) is 28.8 Å². The molecular weight excluding hydrogens is 288 g/mol. The highest BCUT2D eigenvalue weighted by atomic mass is 16.5. The minimum absolute atomic E-state index is 0.0371. The van der Waals surface area contributed by atoms with Gasteiger partial charge in [-0.3, -0.25) is 4.79 Å². The monoisotopic (exact) mass is 318 g/mol. The molecule has 4 heteroatoms. The molecule has 0 unspecified atom stereocenters. The SMILES string of the molecule is Cc1cc(C)c(C)c(O[C@H](C)C(=O)NCCCN2CCCC2)c1. The maximum absolute atomic E-state index is 12.2. The molecule has 1 aromatic carbocycles. The summed E-state index contributed by atoms with van der Waals surface area (Å²) >= 11 is 0. The van der Waals surface area contributed by atoms with Crippen LogP contribution in [0.5, 0.6) is 5.75 Å². The normalized spacial score (nSPS) is 16.3. The van der Waals surface area contributed by atoms with E-state index in [4.69, 9.17) is 4.74 Å². The van der Waals surface area contributed by atoms with Crippen LogP contribution in [-0.4, -0.2) is 43.1 Å². The Morgan fingerprint density at radius 1 is 1.26 bits per heavy atom. The maximum Gasteiger partial charge on any atom is 0.260 e. The number of hydrogen-bond donors (Lipinski definition) is 1. The quantitative estimate of drug-likeness (QED) is 0.786. The summed E-state index contributed by atoms with van der Waals surface area (Å²) in [6.45, 7) is 12.2. The fraction of sp³-hybridized carbons (Fsp3) is 0.632. The summed E-state index contributed by atoms with van der Waals surface area (Å²) in [6.07, 6.45) is 3.15. The van der Waals surface area contributed by atoms with Crippen LogP contribution < -0.4 is 10.1 Å². The molecule has 1 aliphatic heterocycles. The van der Waals surface area contributed by atoms with Crippen LogP contribution in [0.2, 0.25) is 0 Å². The molecule has 1 fully saturated rings. The molecule has 128 valence electrons. The molecule has 2 rings (SSSR count). The summed E-state index contributed by atoms with van der Waals surface area (Å²) < 4.78 is 5.88. The van der Waals surface area contributed by atoms with Crippen LogP contribution in [-0.2, 0) is 4.79 Å². The van der Waals surface area contributed by atoms with Crippen molar-refractivity contribution in [3.63, 3.8) is 0 Å². The summed E-state index contributed by atoms with van der Waals surface area (Å²) in [6, 6.07) is 4.13. The largest absolute Gasteiger partial charge is 0.481 e. The molecule has 1 amide bonds. The maximum atomic E-state index is 12.2. The Bertz CT molecular complexity index is 536. The second-order valence-electron chi connectivity index (χ2n) is 6.66. The van der Waals surface area contributed by atoms with Crippen molar-refractivity contribution >= 4 is 5.91 Å². The number of amides is 1. The van der Waals surface area contributed by atoms with E-state index in [1.807, 2.05) is 26.8 Å². The van der Waals surface area contributed by atoms with Gasteiger partial charge in [0, 0.05) is 6.54 Å². The third-order valence-corrected chi connectivity index (χ3v) is 4.59. The van der Waals surface area contributed by atoms with Crippen LogP contribution in [0, 0.1) is 20.8 Å². The van der Waals surface area contributed by atoms with E-state index in [1.54, 1.807) is 0 Å². The van der Waals surface area contributed by atoms with Gasteiger partial charge in [0.2, 0.25) is 0 Å². The average molecular weight is 318 g/mol. The van der Waals surface area contributed by atoms with Gasteiger partial charge in [0.25, 0.3) is 5.91 Å². The lowest BCUT2D eigenvalue weighted by Crippen LogP contribution is -2.37. The first-order chi connectivity index (χ1) is 11.0. The average Bonchev–Trinajstić information content (AvgIpc) is 3.01. The highest BCUT2D eigenvalue weighted by molar-refractivity contribution is 5.80. The van der Waals surface area contributed by atoms with Crippen molar-refractivity contribution < 1.29 is 9.53 Å². The summed E-state index contributed by atoms with van der Waals surface area (Å²) in [5.41, 5.74) is 3.45. The van der Waals surface area contributed by atoms with Crippen molar-refractivity contribution in [1.82, 2.24) is 10.2 Å². The zero-order valence-electron chi connectivity index (χ0n) is 14.9. The lowest BCUT2D eigenvalue weighted by molar-refractivity contribution is -0.127. The van der Waals surface area contributed by atoms with Gasteiger partial charge in [0.05, 0.1) is 0 Å². The summed E-state index contributed by atoms with van der Waals surface area (Å²) in [7, 11) is 0. The van der Waals surface area contributed by atoms with Gasteiger partial charge < -0.3 is 15.0 Å². The molecule has 1 atom stereocenters. The highest BCUT2D eigenvalue weighted by Gasteiger charge is 2.16. The molecule has 1 aliphatic rings. The Labute approximate surface area is 140 Å². The summed E-state index contributed by atoms with van der Waals surface area (Å²) in [5, 5.41) is 2.98. The van der Waals surface area contributed by atoms with Gasteiger partial charge in [-0.05, 0) is 89.3 Å². The highest BCUT2D eigenvalue weighted by Crippen LogP contribution is 2.24. The molecule has 1 saturated heterocycles. The third kappa shape index (κ3) is 5.24. The van der Waals surface area contributed by atoms with E-state index in [2.05, 4.69) is 23.2 Å². The smallest absolute Gasteiger partial charge is 0.260 e. The van der Waals surface area contributed by atoms with E-state index in [-0.39, 0.29) is 5.91 Å². The number of ether oxygens (including phenoxy) is 1. The molecule has 0 radical (unpaired) electrons. The van der Waals surface area contributed by atoms with E-state index in [9.17, 15) is 4.79 Å². The lowest BCUT2D eigenvalue weighted by atomic mass is 10.1. The van der Waals surface area contributed by atoms with Crippen LogP contribution >= 0.6 is 0 Å². The van der Waals surface area contributed by atoms with Crippen LogP contribution in [0.1, 0.15) is 42.9 Å². The van der Waals surface area contributed by atoms with Crippen molar-refractivity contribution in [3.8, 4) is 5.75 Å². The Morgan fingerprint density at radius 3 is 2.65 bits per heavy atom. The number of hydrogen-bond acceptors (Lipinski definition) is 3. The van der Waals surface area contributed by atoms with Crippen LogP contribution in [0.15, 0.2) is 12.1 Å². The minimum atomic E-state index is -0.471. The molecule has 0 saturated carbocycles. The molecule has 0 aromatic heterocycles. The van der Waals surface area contributed by atoms with E-state index in [0.717, 1.165) is 36.4 Å². The molecule has 1 heterocycles. The van der Waals surface area contributed by atoms with Crippen LogP contribution in [0.25, 0.3) is 0 Å². The summed E-state index contributed by atoms with van der Waals surface area (Å²) in [4.78, 5) is 14.6. The fourth-order valence-electron chi connectivity index (χ4n) is 3.03. The topological polar surface area (TPSA) is 41.6 Å². The Balaban J connectivity index is 1.76. The van der Waals surface area contributed by atoms with E-state index >= 15 is 0 Å².